The summed E-state index contributed by atoms with van der Waals surface area (Å²) in [5.74, 6) is 0.753. The van der Waals surface area contributed by atoms with Crippen LogP contribution in [0.4, 0.5) is 0 Å². The molecule has 1 fully saturated rings. The van der Waals surface area contributed by atoms with Crippen LogP contribution in [0.2, 0.25) is 0 Å². The van der Waals surface area contributed by atoms with Gasteiger partial charge in [0.2, 0.25) is 10.0 Å². The number of hydrogen-bond acceptors (Lipinski definition) is 4. The van der Waals surface area contributed by atoms with E-state index in [-0.39, 0.29) is 11.4 Å². The minimum absolute atomic E-state index is 0.249. The minimum Gasteiger partial charge on any atom is -0.383 e. The molecule has 1 aliphatic carbocycles. The van der Waals surface area contributed by atoms with E-state index in [9.17, 15) is 8.42 Å². The highest BCUT2D eigenvalue weighted by molar-refractivity contribution is 7.89. The average molecular weight is 383 g/mol. The molecule has 0 saturated heterocycles. The molecule has 0 heterocycles. The molecule has 0 spiro atoms. The van der Waals surface area contributed by atoms with Gasteiger partial charge in [0.05, 0.1) is 11.5 Å². The van der Waals surface area contributed by atoms with E-state index in [0.29, 0.717) is 19.2 Å². The number of ether oxygens (including phenoxy) is 1. The zero-order valence-electron chi connectivity index (χ0n) is 15.6. The van der Waals surface area contributed by atoms with E-state index in [1.165, 1.54) is 39.2 Å². The van der Waals surface area contributed by atoms with Crippen molar-refractivity contribution in [1.29, 1.82) is 0 Å². The molecular formula is C18H30N4O3S. The normalized spacial score (nSPS) is 16.5. The number of methoxy groups -OCH3 is 1. The van der Waals surface area contributed by atoms with Gasteiger partial charge in [-0.15, -0.1) is 0 Å². The standard InChI is InChI=1S/C18H30N4O3S/c1-19-18(22-16-8-4-3-5-9-16)20-14-15-7-6-10-17(13-15)26(23,24)21-11-12-25-2/h6-7,10,13,16,21H,3-5,8-9,11-12,14H2,1-2H3,(H2,19,20,22). The molecule has 1 saturated carbocycles. The Morgan fingerprint density at radius 2 is 2.04 bits per heavy atom. The summed E-state index contributed by atoms with van der Waals surface area (Å²) in [4.78, 5) is 4.52. The van der Waals surface area contributed by atoms with Crippen LogP contribution in [0.15, 0.2) is 34.2 Å². The lowest BCUT2D eigenvalue weighted by molar-refractivity contribution is 0.204. The van der Waals surface area contributed by atoms with Gasteiger partial charge in [-0.2, -0.15) is 0 Å². The van der Waals surface area contributed by atoms with E-state index >= 15 is 0 Å². The quantitative estimate of drug-likeness (QED) is 0.361. The fraction of sp³-hybridized carbons (Fsp3) is 0.611. The van der Waals surface area contributed by atoms with E-state index in [4.69, 9.17) is 4.74 Å². The molecule has 0 bridgehead atoms. The summed E-state index contributed by atoms with van der Waals surface area (Å²) in [7, 11) is -0.240. The Kier molecular flexibility index (Phi) is 8.34. The zero-order chi connectivity index (χ0) is 18.8. The first-order valence-electron chi connectivity index (χ1n) is 9.10. The molecule has 0 atom stereocenters. The van der Waals surface area contributed by atoms with E-state index < -0.39 is 10.0 Å². The van der Waals surface area contributed by atoms with Gasteiger partial charge >= 0.3 is 0 Å². The van der Waals surface area contributed by atoms with Crippen molar-refractivity contribution in [3.05, 3.63) is 29.8 Å². The highest BCUT2D eigenvalue weighted by Gasteiger charge is 2.15. The van der Waals surface area contributed by atoms with Crippen molar-refractivity contribution in [2.75, 3.05) is 27.3 Å². The molecule has 1 aliphatic rings. The fourth-order valence-corrected chi connectivity index (χ4v) is 4.09. The van der Waals surface area contributed by atoms with Crippen molar-refractivity contribution in [3.63, 3.8) is 0 Å². The molecule has 0 unspecified atom stereocenters. The Labute approximate surface area is 156 Å². The number of rotatable bonds is 8. The maximum Gasteiger partial charge on any atom is 0.240 e. The Balaban J connectivity index is 1.92. The number of nitrogens with one attached hydrogen (secondary N) is 3. The van der Waals surface area contributed by atoms with Crippen LogP contribution in [0.3, 0.4) is 0 Å². The summed E-state index contributed by atoms with van der Waals surface area (Å²) in [6, 6.07) is 7.38. The molecular weight excluding hydrogens is 352 g/mol. The summed E-state index contributed by atoms with van der Waals surface area (Å²) in [5, 5.41) is 6.72. The summed E-state index contributed by atoms with van der Waals surface area (Å²) in [6.07, 6.45) is 6.16. The second kappa shape index (κ2) is 10.5. The smallest absolute Gasteiger partial charge is 0.240 e. The highest BCUT2D eigenvalue weighted by Crippen LogP contribution is 2.17. The molecule has 1 aromatic carbocycles. The first kappa shape index (κ1) is 20.7. The van der Waals surface area contributed by atoms with Gasteiger partial charge in [-0.1, -0.05) is 31.4 Å². The minimum atomic E-state index is -3.53. The Hall–Kier alpha value is -1.64. The van der Waals surface area contributed by atoms with E-state index in [2.05, 4.69) is 20.3 Å². The largest absolute Gasteiger partial charge is 0.383 e. The number of hydrogen-bond donors (Lipinski definition) is 3. The topological polar surface area (TPSA) is 91.8 Å². The van der Waals surface area contributed by atoms with Crippen molar-refractivity contribution in [1.82, 2.24) is 15.4 Å². The predicted octanol–water partition coefficient (Wildman–Crippen LogP) is 1.61. The van der Waals surface area contributed by atoms with Crippen LogP contribution in [0.5, 0.6) is 0 Å². The van der Waals surface area contributed by atoms with Crippen LogP contribution in [-0.2, 0) is 21.3 Å². The van der Waals surface area contributed by atoms with Gasteiger partial charge in [-0.05, 0) is 30.5 Å². The van der Waals surface area contributed by atoms with Gasteiger partial charge in [0, 0.05) is 33.3 Å². The first-order chi connectivity index (χ1) is 12.5. The van der Waals surface area contributed by atoms with Gasteiger partial charge < -0.3 is 15.4 Å². The monoisotopic (exact) mass is 382 g/mol. The van der Waals surface area contributed by atoms with E-state index in [1.807, 2.05) is 6.07 Å². The summed E-state index contributed by atoms with van der Waals surface area (Å²) >= 11 is 0. The van der Waals surface area contributed by atoms with Crippen LogP contribution in [0.25, 0.3) is 0 Å². The third kappa shape index (κ3) is 6.59. The lowest BCUT2D eigenvalue weighted by Crippen LogP contribution is -2.43. The number of nitrogens with zero attached hydrogens (tertiary/aromatic N) is 1. The molecule has 0 radical (unpaired) electrons. The summed E-state index contributed by atoms with van der Waals surface area (Å²) < 4.78 is 32.0. The van der Waals surface area contributed by atoms with Crippen molar-refractivity contribution in [2.24, 2.45) is 4.99 Å². The van der Waals surface area contributed by atoms with Crippen molar-refractivity contribution in [2.45, 2.75) is 49.6 Å². The lowest BCUT2D eigenvalue weighted by Gasteiger charge is -2.24. The molecule has 7 nitrogen and oxygen atoms in total. The molecule has 8 heteroatoms. The molecule has 0 aromatic heterocycles. The van der Waals surface area contributed by atoms with Gasteiger partial charge in [-0.25, -0.2) is 13.1 Å². The fourth-order valence-electron chi connectivity index (χ4n) is 3.00. The maximum atomic E-state index is 12.3. The Morgan fingerprint density at radius 1 is 1.27 bits per heavy atom. The molecule has 3 N–H and O–H groups in total. The van der Waals surface area contributed by atoms with Crippen LogP contribution in [0.1, 0.15) is 37.7 Å². The molecule has 0 amide bonds. The number of aliphatic imine (C=N–C) groups is 1. The van der Waals surface area contributed by atoms with Crippen molar-refractivity contribution < 1.29 is 13.2 Å². The second-order valence-corrected chi connectivity index (χ2v) is 8.21. The lowest BCUT2D eigenvalue weighted by atomic mass is 9.96. The Bertz CT molecular complexity index is 685. The summed E-state index contributed by atoms with van der Waals surface area (Å²) in [6.45, 7) is 1.09. The van der Waals surface area contributed by atoms with Crippen molar-refractivity contribution in [3.8, 4) is 0 Å². The molecule has 1 aromatic rings. The molecule has 146 valence electrons. The molecule has 2 rings (SSSR count). The SMILES string of the molecule is CN=C(NCc1cccc(S(=O)(=O)NCCOC)c1)NC1CCCCC1. The van der Waals surface area contributed by atoms with Crippen LogP contribution in [-0.4, -0.2) is 47.7 Å². The van der Waals surface area contributed by atoms with Gasteiger partial charge in [-0.3, -0.25) is 4.99 Å². The third-order valence-corrected chi connectivity index (χ3v) is 5.90. The second-order valence-electron chi connectivity index (χ2n) is 6.44. The van der Waals surface area contributed by atoms with E-state index in [0.717, 1.165) is 11.5 Å². The van der Waals surface area contributed by atoms with Crippen molar-refractivity contribution >= 4 is 16.0 Å². The van der Waals surface area contributed by atoms with Crippen LogP contribution in [0, 0.1) is 0 Å². The van der Waals surface area contributed by atoms with E-state index in [1.54, 1.807) is 25.2 Å². The predicted molar refractivity (Wildman–Crippen MR) is 104 cm³/mol. The molecule has 0 aliphatic heterocycles. The van der Waals surface area contributed by atoms with Crippen LogP contribution < -0.4 is 15.4 Å². The first-order valence-corrected chi connectivity index (χ1v) is 10.6. The number of benzene rings is 1. The van der Waals surface area contributed by atoms with Gasteiger partial charge in [0.1, 0.15) is 0 Å². The number of sulfonamides is 1. The maximum absolute atomic E-state index is 12.3. The number of guanidine groups is 1. The zero-order valence-corrected chi connectivity index (χ0v) is 16.4. The van der Waals surface area contributed by atoms with Crippen LogP contribution >= 0.6 is 0 Å². The third-order valence-electron chi connectivity index (χ3n) is 4.44. The molecule has 26 heavy (non-hydrogen) atoms. The van der Waals surface area contributed by atoms with Gasteiger partial charge in [0.25, 0.3) is 0 Å². The average Bonchev–Trinajstić information content (AvgIpc) is 2.66. The summed E-state index contributed by atoms with van der Waals surface area (Å²) in [5.41, 5.74) is 0.881. The van der Waals surface area contributed by atoms with Gasteiger partial charge in [0.15, 0.2) is 5.96 Å². The Morgan fingerprint density at radius 3 is 2.73 bits per heavy atom. The highest BCUT2D eigenvalue weighted by atomic mass is 32.2.